The van der Waals surface area contributed by atoms with Crippen molar-refractivity contribution in [3.05, 3.63) is 71.5 Å². The van der Waals surface area contributed by atoms with Gasteiger partial charge in [-0.2, -0.15) is 0 Å². The number of amides is 1. The zero-order valence-corrected chi connectivity index (χ0v) is 17.9. The molecule has 28 heavy (non-hydrogen) atoms. The number of carbonyl (C=O) groups is 1. The van der Waals surface area contributed by atoms with E-state index in [0.29, 0.717) is 5.75 Å². The number of anilines is 1. The maximum absolute atomic E-state index is 12.4. The second-order valence-electron chi connectivity index (χ2n) is 8.03. The Balaban J connectivity index is 1.64. The van der Waals surface area contributed by atoms with Crippen LogP contribution in [-0.2, 0) is 10.2 Å². The van der Waals surface area contributed by atoms with Crippen molar-refractivity contribution in [3.8, 4) is 5.69 Å². The fourth-order valence-corrected chi connectivity index (χ4v) is 3.80. The third-order valence-corrected chi connectivity index (χ3v) is 5.55. The first-order valence-electron chi connectivity index (χ1n) is 9.38. The van der Waals surface area contributed by atoms with E-state index in [2.05, 4.69) is 75.3 Å². The summed E-state index contributed by atoms with van der Waals surface area (Å²) in [6, 6.07) is 14.4. The second kappa shape index (κ2) is 8.23. The van der Waals surface area contributed by atoms with Crippen molar-refractivity contribution in [3.63, 3.8) is 0 Å². The van der Waals surface area contributed by atoms with Crippen LogP contribution < -0.4 is 5.32 Å². The van der Waals surface area contributed by atoms with Crippen LogP contribution in [0.1, 0.15) is 37.5 Å². The molecule has 1 amide bonds. The van der Waals surface area contributed by atoms with Crippen molar-refractivity contribution in [2.75, 3.05) is 11.1 Å². The number of aryl methyl sites for hydroxylation is 2. The molecule has 0 bridgehead atoms. The summed E-state index contributed by atoms with van der Waals surface area (Å²) in [7, 11) is 0. The van der Waals surface area contributed by atoms with E-state index in [0.717, 1.165) is 16.5 Å². The summed E-state index contributed by atoms with van der Waals surface area (Å²) in [5.74, 6) is 0.270. The summed E-state index contributed by atoms with van der Waals surface area (Å²) in [5, 5.41) is 3.77. The summed E-state index contributed by atoms with van der Waals surface area (Å²) in [4.78, 5) is 16.8. The lowest BCUT2D eigenvalue weighted by Crippen LogP contribution is -2.15. The van der Waals surface area contributed by atoms with Gasteiger partial charge in [0.1, 0.15) is 0 Å². The molecule has 0 unspecified atom stereocenters. The molecule has 3 rings (SSSR count). The van der Waals surface area contributed by atoms with Gasteiger partial charge in [0.05, 0.1) is 11.4 Å². The first kappa shape index (κ1) is 20.2. The molecule has 146 valence electrons. The number of hydrogen-bond donors (Lipinski definition) is 1. The van der Waals surface area contributed by atoms with Gasteiger partial charge in [0, 0.05) is 18.1 Å². The molecule has 3 aromatic rings. The number of thioether (sulfide) groups is 1. The lowest BCUT2D eigenvalue weighted by molar-refractivity contribution is -0.113. The molecule has 1 heterocycles. The summed E-state index contributed by atoms with van der Waals surface area (Å²) < 4.78 is 2.03. The number of nitrogens with one attached hydrogen (secondary N) is 1. The van der Waals surface area contributed by atoms with Gasteiger partial charge >= 0.3 is 0 Å². The fraction of sp³-hybridized carbons (Fsp3) is 0.304. The highest BCUT2D eigenvalue weighted by Gasteiger charge is 2.14. The zero-order valence-electron chi connectivity index (χ0n) is 17.1. The molecular weight excluding hydrogens is 366 g/mol. The normalized spacial score (nSPS) is 11.5. The van der Waals surface area contributed by atoms with Gasteiger partial charge in [0.15, 0.2) is 5.16 Å². The zero-order chi connectivity index (χ0) is 20.3. The minimum Gasteiger partial charge on any atom is -0.325 e. The Hall–Kier alpha value is -2.53. The first-order chi connectivity index (χ1) is 13.2. The van der Waals surface area contributed by atoms with Gasteiger partial charge in [-0.15, -0.1) is 0 Å². The summed E-state index contributed by atoms with van der Waals surface area (Å²) in [6.07, 6.45) is 3.70. The Kier molecular flexibility index (Phi) is 5.94. The number of hydrogen-bond acceptors (Lipinski definition) is 3. The highest BCUT2D eigenvalue weighted by Crippen LogP contribution is 2.25. The topological polar surface area (TPSA) is 46.9 Å². The number of nitrogens with zero attached hydrogens (tertiary/aromatic N) is 2. The molecule has 0 atom stereocenters. The van der Waals surface area contributed by atoms with E-state index in [1.54, 1.807) is 6.20 Å². The van der Waals surface area contributed by atoms with Crippen LogP contribution in [0.25, 0.3) is 5.69 Å². The molecule has 0 saturated heterocycles. The van der Waals surface area contributed by atoms with Crippen LogP contribution in [0.15, 0.2) is 60.0 Å². The Morgan fingerprint density at radius 3 is 2.46 bits per heavy atom. The number of carbonyl (C=O) groups excluding carboxylic acids is 1. The average Bonchev–Trinajstić information content (AvgIpc) is 3.08. The lowest BCUT2D eigenvalue weighted by atomic mass is 9.87. The van der Waals surface area contributed by atoms with Crippen LogP contribution in [0.3, 0.4) is 0 Å². The summed E-state index contributed by atoms with van der Waals surface area (Å²) >= 11 is 1.44. The minimum absolute atomic E-state index is 0.0383. The number of aromatic nitrogens is 2. The number of imidazole rings is 1. The van der Waals surface area contributed by atoms with E-state index >= 15 is 0 Å². The van der Waals surface area contributed by atoms with E-state index in [-0.39, 0.29) is 11.3 Å². The minimum atomic E-state index is -0.0383. The molecule has 0 saturated carbocycles. The molecule has 0 aliphatic carbocycles. The van der Waals surface area contributed by atoms with Crippen molar-refractivity contribution in [1.29, 1.82) is 0 Å². The molecule has 0 spiro atoms. The largest absolute Gasteiger partial charge is 0.325 e. The molecule has 0 fully saturated rings. The van der Waals surface area contributed by atoms with Crippen LogP contribution in [0.4, 0.5) is 5.69 Å². The van der Waals surface area contributed by atoms with E-state index in [1.807, 2.05) is 22.9 Å². The Bertz CT molecular complexity index is 968. The molecular formula is C23H27N3OS. The van der Waals surface area contributed by atoms with Crippen molar-refractivity contribution in [2.24, 2.45) is 0 Å². The van der Waals surface area contributed by atoms with Crippen molar-refractivity contribution in [2.45, 2.75) is 45.2 Å². The highest BCUT2D eigenvalue weighted by atomic mass is 32.2. The van der Waals surface area contributed by atoms with Crippen LogP contribution in [-0.4, -0.2) is 21.2 Å². The Morgan fingerprint density at radius 2 is 1.82 bits per heavy atom. The maximum Gasteiger partial charge on any atom is 0.234 e. The van der Waals surface area contributed by atoms with Crippen LogP contribution >= 0.6 is 11.8 Å². The third-order valence-electron chi connectivity index (χ3n) is 4.59. The molecule has 1 N–H and O–H groups in total. The van der Waals surface area contributed by atoms with E-state index in [1.165, 1.54) is 28.5 Å². The third kappa shape index (κ3) is 4.84. The standard InChI is InChI=1S/C23H27N3OS/c1-16-6-11-20(17(2)14-16)26-13-12-24-22(26)28-15-21(27)25-19-9-7-18(8-10-19)23(3,4)5/h6-14H,15H2,1-5H3,(H,25,27). The van der Waals surface area contributed by atoms with Gasteiger partial charge in [0.2, 0.25) is 5.91 Å². The van der Waals surface area contributed by atoms with Crippen LogP contribution in [0.5, 0.6) is 0 Å². The number of benzene rings is 2. The lowest BCUT2D eigenvalue weighted by Gasteiger charge is -2.19. The molecule has 0 radical (unpaired) electrons. The predicted molar refractivity (Wildman–Crippen MR) is 118 cm³/mol. The van der Waals surface area contributed by atoms with Crippen molar-refractivity contribution in [1.82, 2.24) is 9.55 Å². The molecule has 1 aromatic heterocycles. The maximum atomic E-state index is 12.4. The highest BCUT2D eigenvalue weighted by molar-refractivity contribution is 7.99. The average molecular weight is 394 g/mol. The quantitative estimate of drug-likeness (QED) is 0.581. The SMILES string of the molecule is Cc1ccc(-n2ccnc2SCC(=O)Nc2ccc(C(C)(C)C)cc2)c(C)c1. The van der Waals surface area contributed by atoms with Gasteiger partial charge in [0.25, 0.3) is 0 Å². The van der Waals surface area contributed by atoms with Crippen molar-refractivity contribution >= 4 is 23.4 Å². The summed E-state index contributed by atoms with van der Waals surface area (Å²) in [6.45, 7) is 10.7. The Morgan fingerprint density at radius 1 is 1.11 bits per heavy atom. The van der Waals surface area contributed by atoms with Gasteiger partial charge in [-0.3, -0.25) is 9.36 Å². The molecule has 2 aromatic carbocycles. The van der Waals surface area contributed by atoms with Crippen molar-refractivity contribution < 1.29 is 4.79 Å². The van der Waals surface area contributed by atoms with E-state index < -0.39 is 0 Å². The molecule has 0 aliphatic heterocycles. The van der Waals surface area contributed by atoms with E-state index in [4.69, 9.17) is 0 Å². The molecule has 0 aliphatic rings. The molecule has 5 heteroatoms. The van der Waals surface area contributed by atoms with E-state index in [9.17, 15) is 4.79 Å². The van der Waals surface area contributed by atoms with Gasteiger partial charge < -0.3 is 5.32 Å². The summed E-state index contributed by atoms with van der Waals surface area (Å²) in [5.41, 5.74) is 5.66. The van der Waals surface area contributed by atoms with Gasteiger partial charge in [-0.1, -0.05) is 62.4 Å². The number of rotatable bonds is 5. The van der Waals surface area contributed by atoms with Crippen LogP contribution in [0.2, 0.25) is 0 Å². The predicted octanol–water partition coefficient (Wildman–Crippen LogP) is 5.52. The van der Waals surface area contributed by atoms with Gasteiger partial charge in [-0.25, -0.2) is 4.98 Å². The molecule has 4 nitrogen and oxygen atoms in total. The second-order valence-corrected chi connectivity index (χ2v) is 8.98. The smallest absolute Gasteiger partial charge is 0.234 e. The first-order valence-corrected chi connectivity index (χ1v) is 10.4. The van der Waals surface area contributed by atoms with Gasteiger partial charge in [-0.05, 0) is 48.6 Å². The monoisotopic (exact) mass is 393 g/mol. The van der Waals surface area contributed by atoms with Crippen LogP contribution in [0, 0.1) is 13.8 Å². The Labute approximate surface area is 171 Å². The fourth-order valence-electron chi connectivity index (χ4n) is 3.04.